The van der Waals surface area contributed by atoms with Gasteiger partial charge in [-0.3, -0.25) is 19.2 Å². The molecule has 0 heterocycles. The molecular weight excluding hydrogens is 692 g/mol. The Morgan fingerprint density at radius 1 is 0.745 bits per heavy atom. The minimum atomic E-state index is -5.01. The zero-order valence-electron chi connectivity index (χ0n) is 24.8. The summed E-state index contributed by atoms with van der Waals surface area (Å²) in [5.74, 6) is -12.9. The molecule has 0 saturated carbocycles. The molecule has 0 spiro atoms. The van der Waals surface area contributed by atoms with E-state index in [-0.39, 0.29) is 22.0 Å². The van der Waals surface area contributed by atoms with Crippen LogP contribution in [0.2, 0.25) is 15.1 Å². The number of carbonyl (C=O) groups excluding carboxylic acids is 4. The molecule has 3 rings (SSSR count). The van der Waals surface area contributed by atoms with Crippen molar-refractivity contribution in [3.05, 3.63) is 105 Å². The zero-order valence-corrected chi connectivity index (χ0v) is 27.1. The van der Waals surface area contributed by atoms with Gasteiger partial charge in [0.2, 0.25) is 17.6 Å². The van der Waals surface area contributed by atoms with E-state index >= 15 is 0 Å². The minimum Gasteiger partial charge on any atom is -0.344 e. The number of rotatable bonds is 13. The first-order valence-electron chi connectivity index (χ1n) is 14.0. The number of hydrogen-bond donors (Lipinski definition) is 3. The maximum Gasteiger partial charge on any atom is 0.405 e. The fraction of sp³-hybridized carbons (Fsp3) is 0.312. The molecule has 0 aliphatic carbocycles. The van der Waals surface area contributed by atoms with E-state index in [0.29, 0.717) is 10.6 Å². The fourth-order valence-electron chi connectivity index (χ4n) is 4.57. The van der Waals surface area contributed by atoms with Gasteiger partial charge < -0.3 is 16.0 Å². The van der Waals surface area contributed by atoms with Crippen LogP contribution < -0.4 is 16.0 Å². The van der Waals surface area contributed by atoms with Crippen LogP contribution in [0.15, 0.2) is 72.8 Å². The van der Waals surface area contributed by atoms with Crippen LogP contribution in [-0.2, 0) is 19.2 Å². The fourth-order valence-corrected chi connectivity index (χ4v) is 5.01. The number of hydrogen-bond acceptors (Lipinski definition) is 4. The lowest BCUT2D eigenvalue weighted by Crippen LogP contribution is -2.58. The highest BCUT2D eigenvalue weighted by molar-refractivity contribution is 6.42. The number of benzene rings is 3. The van der Waals surface area contributed by atoms with Gasteiger partial charge in [-0.05, 0) is 46.9 Å². The lowest BCUT2D eigenvalue weighted by atomic mass is 9.88. The second-order valence-electron chi connectivity index (χ2n) is 10.9. The second-order valence-corrected chi connectivity index (χ2v) is 12.1. The van der Waals surface area contributed by atoms with Gasteiger partial charge >= 0.3 is 12.1 Å². The predicted octanol–water partition coefficient (Wildman–Crippen LogP) is 7.05. The predicted molar refractivity (Wildman–Crippen MR) is 167 cm³/mol. The van der Waals surface area contributed by atoms with Crippen molar-refractivity contribution < 1.29 is 41.1 Å². The molecule has 47 heavy (non-hydrogen) atoms. The van der Waals surface area contributed by atoms with Crippen molar-refractivity contribution in [1.29, 1.82) is 0 Å². The zero-order chi connectivity index (χ0) is 35.1. The molecule has 0 aliphatic heterocycles. The van der Waals surface area contributed by atoms with Gasteiger partial charge in [0.25, 0.3) is 5.91 Å². The van der Waals surface area contributed by atoms with Crippen LogP contribution in [0, 0.1) is 5.92 Å². The highest BCUT2D eigenvalue weighted by atomic mass is 35.5. The summed E-state index contributed by atoms with van der Waals surface area (Å²) in [6.45, 7) is 0.471. The first kappa shape index (κ1) is 37.7. The molecule has 1 unspecified atom stereocenters. The summed E-state index contributed by atoms with van der Waals surface area (Å²) in [5, 5.41) is 6.53. The molecule has 3 aromatic carbocycles. The third-order valence-corrected chi connectivity index (χ3v) is 7.99. The Morgan fingerprint density at radius 3 is 1.89 bits per heavy atom. The molecule has 0 radical (unpaired) electrons. The molecule has 0 bridgehead atoms. The molecule has 3 atom stereocenters. The standard InChI is InChI=1S/C32H29Cl3F5N3O4/c1-17(2)26(28(45)32(39,40)30(47)41-16-31(36,37)38)43-29(46)27(19-8-11-21(33)12-9-19)42-25(44)15-22(18-6-4-3-5-7-18)20-10-13-23(34)24(35)14-20/h3-14,17,22,26-27H,15-16H2,1-2H3,(H,41,47)(H,42,44)(H,43,46)/t22?,26-,27-/m0/s1. The van der Waals surface area contributed by atoms with Crippen molar-refractivity contribution in [1.82, 2.24) is 16.0 Å². The summed E-state index contributed by atoms with van der Waals surface area (Å²) in [7, 11) is 0. The van der Waals surface area contributed by atoms with Gasteiger partial charge in [-0.2, -0.15) is 22.0 Å². The van der Waals surface area contributed by atoms with E-state index in [1.807, 2.05) is 0 Å². The maximum absolute atomic E-state index is 14.8. The van der Waals surface area contributed by atoms with Gasteiger partial charge in [0.15, 0.2) is 0 Å². The van der Waals surface area contributed by atoms with E-state index in [2.05, 4.69) is 10.6 Å². The van der Waals surface area contributed by atoms with E-state index in [9.17, 15) is 41.1 Å². The van der Waals surface area contributed by atoms with E-state index in [4.69, 9.17) is 34.8 Å². The number of nitrogens with one attached hydrogen (secondary N) is 3. The molecule has 3 aromatic rings. The number of Topliss-reactive ketones (excluding diaryl/α,β-unsaturated/α-hetero) is 1. The molecule has 3 N–H and O–H groups in total. The van der Waals surface area contributed by atoms with Crippen molar-refractivity contribution in [3.8, 4) is 0 Å². The first-order valence-corrected chi connectivity index (χ1v) is 15.2. The second kappa shape index (κ2) is 15.9. The lowest BCUT2D eigenvalue weighted by molar-refractivity contribution is -0.165. The molecular formula is C32H29Cl3F5N3O4. The molecule has 15 heteroatoms. The average Bonchev–Trinajstić information content (AvgIpc) is 3.01. The molecule has 252 valence electrons. The van der Waals surface area contributed by atoms with Crippen LogP contribution in [0.4, 0.5) is 22.0 Å². The summed E-state index contributed by atoms with van der Waals surface area (Å²) in [6, 6.07) is 15.8. The molecule has 0 aromatic heterocycles. The molecule has 7 nitrogen and oxygen atoms in total. The summed E-state index contributed by atoms with van der Waals surface area (Å²) >= 11 is 18.3. The Bertz CT molecular complexity index is 1590. The van der Waals surface area contributed by atoms with Gasteiger partial charge in [0.05, 0.1) is 16.1 Å². The Balaban J connectivity index is 1.90. The van der Waals surface area contributed by atoms with E-state index in [1.54, 1.807) is 48.5 Å². The van der Waals surface area contributed by atoms with Crippen molar-refractivity contribution in [2.24, 2.45) is 5.92 Å². The van der Waals surface area contributed by atoms with Crippen molar-refractivity contribution >= 4 is 58.3 Å². The summed E-state index contributed by atoms with van der Waals surface area (Å²) < 4.78 is 67.0. The van der Waals surface area contributed by atoms with E-state index in [1.165, 1.54) is 38.1 Å². The number of halogens is 8. The minimum absolute atomic E-state index is 0.163. The Morgan fingerprint density at radius 2 is 1.34 bits per heavy atom. The monoisotopic (exact) mass is 719 g/mol. The van der Waals surface area contributed by atoms with Gasteiger partial charge in [-0.25, -0.2) is 0 Å². The first-order chi connectivity index (χ1) is 21.9. The highest BCUT2D eigenvalue weighted by Crippen LogP contribution is 2.33. The van der Waals surface area contributed by atoms with Crippen LogP contribution in [-0.4, -0.2) is 48.2 Å². The molecule has 3 amide bonds. The smallest absolute Gasteiger partial charge is 0.344 e. The summed E-state index contributed by atoms with van der Waals surface area (Å²) in [6.07, 6.45) is -5.23. The van der Waals surface area contributed by atoms with Gasteiger partial charge in [0, 0.05) is 17.4 Å². The van der Waals surface area contributed by atoms with Gasteiger partial charge in [-0.15, -0.1) is 0 Å². The quantitative estimate of drug-likeness (QED) is 0.130. The largest absolute Gasteiger partial charge is 0.405 e. The molecule has 0 fully saturated rings. The summed E-state index contributed by atoms with van der Waals surface area (Å²) in [4.78, 5) is 51.9. The SMILES string of the molecule is CC(C)[C@H](NC(=O)[C@@H](NC(=O)CC(c1ccccc1)c1ccc(Cl)c(Cl)c1)c1ccc(Cl)cc1)C(=O)C(F)(F)C(=O)NCC(F)(F)F. The Kier molecular flexibility index (Phi) is 12.8. The summed E-state index contributed by atoms with van der Waals surface area (Å²) in [5.41, 5.74) is 1.52. The number of alkyl halides is 5. The number of amides is 3. The van der Waals surface area contributed by atoms with Gasteiger partial charge in [-0.1, -0.05) is 97.2 Å². The normalized spacial score (nSPS) is 13.8. The maximum atomic E-state index is 14.8. The van der Waals surface area contributed by atoms with Crippen molar-refractivity contribution in [2.75, 3.05) is 6.54 Å². The van der Waals surface area contributed by atoms with Crippen LogP contribution in [0.1, 0.15) is 48.9 Å². The van der Waals surface area contributed by atoms with Gasteiger partial charge in [0.1, 0.15) is 12.6 Å². The van der Waals surface area contributed by atoms with E-state index in [0.717, 1.165) is 10.9 Å². The van der Waals surface area contributed by atoms with Crippen LogP contribution >= 0.6 is 34.8 Å². The lowest BCUT2D eigenvalue weighted by Gasteiger charge is -2.28. The highest BCUT2D eigenvalue weighted by Gasteiger charge is 2.52. The van der Waals surface area contributed by atoms with Crippen molar-refractivity contribution in [2.45, 2.75) is 50.4 Å². The Labute approximate surface area is 282 Å². The Hall–Kier alpha value is -3.74. The molecule has 0 saturated heterocycles. The van der Waals surface area contributed by atoms with Crippen LogP contribution in [0.3, 0.4) is 0 Å². The van der Waals surface area contributed by atoms with E-state index < -0.39 is 66.1 Å². The van der Waals surface area contributed by atoms with Crippen LogP contribution in [0.5, 0.6) is 0 Å². The van der Waals surface area contributed by atoms with Crippen molar-refractivity contribution in [3.63, 3.8) is 0 Å². The third kappa shape index (κ3) is 10.4. The number of carbonyl (C=O) groups is 4. The van der Waals surface area contributed by atoms with Crippen LogP contribution in [0.25, 0.3) is 0 Å². The molecule has 0 aliphatic rings. The topological polar surface area (TPSA) is 104 Å². The number of ketones is 1. The third-order valence-electron chi connectivity index (χ3n) is 7.00. The average molecular weight is 721 g/mol.